The Balaban J connectivity index is 1.62. The van der Waals surface area contributed by atoms with Crippen molar-refractivity contribution in [2.75, 3.05) is 11.9 Å². The molecule has 3 rings (SSSR count). The third-order valence-electron chi connectivity index (χ3n) is 3.59. The van der Waals surface area contributed by atoms with Crippen LogP contribution in [0.25, 0.3) is 0 Å². The number of ether oxygens (including phenoxy) is 1. The molecule has 0 saturated heterocycles. The molecule has 1 amide bonds. The lowest BCUT2D eigenvalue weighted by atomic mass is 10.1. The van der Waals surface area contributed by atoms with E-state index in [1.807, 2.05) is 38.1 Å². The number of aromatic nitrogens is 2. The molecule has 128 valence electrons. The molecule has 0 radical (unpaired) electrons. The van der Waals surface area contributed by atoms with Gasteiger partial charge in [0, 0.05) is 5.56 Å². The summed E-state index contributed by atoms with van der Waals surface area (Å²) in [6, 6.07) is 15.0. The second kappa shape index (κ2) is 7.61. The van der Waals surface area contributed by atoms with Crippen LogP contribution in [0.4, 0.5) is 6.01 Å². The number of benzene rings is 2. The van der Waals surface area contributed by atoms with E-state index >= 15 is 0 Å². The van der Waals surface area contributed by atoms with Crippen molar-refractivity contribution in [1.82, 2.24) is 10.2 Å². The van der Waals surface area contributed by atoms with Gasteiger partial charge in [-0.05, 0) is 43.7 Å². The predicted molar refractivity (Wildman–Crippen MR) is 93.8 cm³/mol. The first-order chi connectivity index (χ1) is 12.1. The van der Waals surface area contributed by atoms with Crippen molar-refractivity contribution in [2.45, 2.75) is 20.3 Å². The summed E-state index contributed by atoms with van der Waals surface area (Å²) in [5, 5.41) is 10.4. The Kier molecular flexibility index (Phi) is 5.09. The highest BCUT2D eigenvalue weighted by Gasteiger charge is 2.12. The minimum absolute atomic E-state index is 0.0843. The summed E-state index contributed by atoms with van der Waals surface area (Å²) in [4.78, 5) is 12.2. The number of nitrogens with zero attached hydrogens (tertiary/aromatic N) is 2. The molecule has 0 bridgehead atoms. The van der Waals surface area contributed by atoms with Crippen molar-refractivity contribution in [3.05, 3.63) is 71.1 Å². The van der Waals surface area contributed by atoms with Crippen LogP contribution in [0.3, 0.4) is 0 Å². The van der Waals surface area contributed by atoms with Crippen LogP contribution in [-0.4, -0.2) is 22.7 Å². The highest BCUT2D eigenvalue weighted by atomic mass is 16.5. The fourth-order valence-electron chi connectivity index (χ4n) is 2.29. The Morgan fingerprint density at radius 2 is 1.80 bits per heavy atom. The fourth-order valence-corrected chi connectivity index (χ4v) is 2.29. The molecule has 6 nitrogen and oxygen atoms in total. The Bertz CT molecular complexity index is 839. The molecule has 0 fully saturated rings. The maximum Gasteiger partial charge on any atom is 0.322 e. The number of carbonyl (C=O) groups is 1. The largest absolute Gasteiger partial charge is 0.494 e. The van der Waals surface area contributed by atoms with Gasteiger partial charge in [-0.3, -0.25) is 10.1 Å². The smallest absolute Gasteiger partial charge is 0.322 e. The van der Waals surface area contributed by atoms with E-state index in [-0.39, 0.29) is 11.9 Å². The standard InChI is InChI=1S/C19H19N3O3/c1-3-24-16-10-8-15(9-11-16)18(23)20-19-22-21-17(25-19)12-14-6-4-13(2)5-7-14/h4-11H,3,12H2,1-2H3,(H,20,22,23). The molecule has 6 heteroatoms. The van der Waals surface area contributed by atoms with Gasteiger partial charge in [0.05, 0.1) is 13.0 Å². The van der Waals surface area contributed by atoms with Gasteiger partial charge in [-0.1, -0.05) is 34.9 Å². The average Bonchev–Trinajstić information content (AvgIpc) is 3.05. The SMILES string of the molecule is CCOc1ccc(C(=O)Nc2nnc(Cc3ccc(C)cc3)o2)cc1. The van der Waals surface area contributed by atoms with Crippen LogP contribution in [-0.2, 0) is 6.42 Å². The summed E-state index contributed by atoms with van der Waals surface area (Å²) in [6.07, 6.45) is 0.520. The highest BCUT2D eigenvalue weighted by Crippen LogP contribution is 2.15. The minimum Gasteiger partial charge on any atom is -0.494 e. The molecule has 1 aromatic heterocycles. The first kappa shape index (κ1) is 16.7. The van der Waals surface area contributed by atoms with Crippen LogP contribution in [0.5, 0.6) is 5.75 Å². The van der Waals surface area contributed by atoms with Crippen molar-refractivity contribution in [1.29, 1.82) is 0 Å². The molecule has 0 aliphatic rings. The zero-order valence-electron chi connectivity index (χ0n) is 14.2. The molecular weight excluding hydrogens is 318 g/mol. The maximum absolute atomic E-state index is 12.2. The lowest BCUT2D eigenvalue weighted by Gasteiger charge is -2.04. The summed E-state index contributed by atoms with van der Waals surface area (Å²) in [5.41, 5.74) is 2.75. The van der Waals surface area contributed by atoms with Crippen LogP contribution >= 0.6 is 0 Å². The topological polar surface area (TPSA) is 77.2 Å². The van der Waals surface area contributed by atoms with Gasteiger partial charge in [0.1, 0.15) is 5.75 Å². The summed E-state index contributed by atoms with van der Waals surface area (Å²) >= 11 is 0. The maximum atomic E-state index is 12.2. The normalized spacial score (nSPS) is 10.5. The first-order valence-corrected chi connectivity index (χ1v) is 8.06. The molecular formula is C19H19N3O3. The highest BCUT2D eigenvalue weighted by molar-refractivity contribution is 6.03. The summed E-state index contributed by atoms with van der Waals surface area (Å²) in [7, 11) is 0. The Hall–Kier alpha value is -3.15. The molecule has 25 heavy (non-hydrogen) atoms. The van der Waals surface area contributed by atoms with Crippen molar-refractivity contribution in [3.63, 3.8) is 0 Å². The lowest BCUT2D eigenvalue weighted by molar-refractivity contribution is 0.102. The number of aryl methyl sites for hydroxylation is 1. The van der Waals surface area contributed by atoms with Gasteiger partial charge in [0.2, 0.25) is 5.89 Å². The number of carbonyl (C=O) groups excluding carboxylic acids is 1. The average molecular weight is 337 g/mol. The van der Waals surface area contributed by atoms with Crippen LogP contribution in [0.1, 0.15) is 34.3 Å². The minimum atomic E-state index is -0.311. The molecule has 0 aliphatic heterocycles. The Morgan fingerprint density at radius 1 is 1.08 bits per heavy atom. The van der Waals surface area contributed by atoms with E-state index in [0.29, 0.717) is 24.5 Å². The molecule has 1 heterocycles. The summed E-state index contributed by atoms with van der Waals surface area (Å²) in [5.74, 6) is 0.858. The van der Waals surface area contributed by atoms with Crippen molar-refractivity contribution in [2.24, 2.45) is 0 Å². The van der Waals surface area contributed by atoms with Gasteiger partial charge >= 0.3 is 6.01 Å². The Labute approximate surface area is 145 Å². The molecule has 0 aliphatic carbocycles. The van der Waals surface area contributed by atoms with E-state index < -0.39 is 0 Å². The van der Waals surface area contributed by atoms with E-state index in [1.165, 1.54) is 5.56 Å². The van der Waals surface area contributed by atoms with Gasteiger partial charge in [0.15, 0.2) is 0 Å². The van der Waals surface area contributed by atoms with E-state index in [4.69, 9.17) is 9.15 Å². The predicted octanol–water partition coefficient (Wildman–Crippen LogP) is 3.62. The number of rotatable bonds is 6. The quantitative estimate of drug-likeness (QED) is 0.743. The fraction of sp³-hybridized carbons (Fsp3) is 0.211. The second-order valence-electron chi connectivity index (χ2n) is 5.57. The second-order valence-corrected chi connectivity index (χ2v) is 5.57. The van der Waals surface area contributed by atoms with Gasteiger partial charge in [-0.25, -0.2) is 0 Å². The molecule has 2 aromatic carbocycles. The zero-order valence-corrected chi connectivity index (χ0v) is 14.2. The number of amides is 1. The van der Waals surface area contributed by atoms with Crippen molar-refractivity contribution >= 4 is 11.9 Å². The van der Waals surface area contributed by atoms with Crippen LogP contribution in [0.15, 0.2) is 52.9 Å². The van der Waals surface area contributed by atoms with Crippen LogP contribution < -0.4 is 10.1 Å². The first-order valence-electron chi connectivity index (χ1n) is 8.06. The third kappa shape index (κ3) is 4.44. The van der Waals surface area contributed by atoms with Gasteiger partial charge < -0.3 is 9.15 Å². The molecule has 3 aromatic rings. The van der Waals surface area contributed by atoms with Crippen molar-refractivity contribution in [3.8, 4) is 5.75 Å². The molecule has 0 saturated carbocycles. The number of nitrogens with one attached hydrogen (secondary N) is 1. The molecule has 0 atom stereocenters. The molecule has 0 spiro atoms. The Morgan fingerprint density at radius 3 is 2.48 bits per heavy atom. The van der Waals surface area contributed by atoms with Gasteiger partial charge in [-0.2, -0.15) is 0 Å². The van der Waals surface area contributed by atoms with Gasteiger partial charge in [0.25, 0.3) is 5.91 Å². The monoisotopic (exact) mass is 337 g/mol. The zero-order chi connectivity index (χ0) is 17.6. The summed E-state index contributed by atoms with van der Waals surface area (Å²) < 4.78 is 10.8. The van der Waals surface area contributed by atoms with E-state index in [1.54, 1.807) is 24.3 Å². The number of hydrogen-bond donors (Lipinski definition) is 1. The van der Waals surface area contributed by atoms with Crippen LogP contribution in [0, 0.1) is 6.92 Å². The van der Waals surface area contributed by atoms with E-state index in [2.05, 4.69) is 15.5 Å². The number of hydrogen-bond acceptors (Lipinski definition) is 5. The van der Waals surface area contributed by atoms with Crippen molar-refractivity contribution < 1.29 is 13.9 Å². The lowest BCUT2D eigenvalue weighted by Crippen LogP contribution is -2.12. The number of anilines is 1. The molecule has 1 N–H and O–H groups in total. The van der Waals surface area contributed by atoms with E-state index in [0.717, 1.165) is 11.3 Å². The molecule has 0 unspecified atom stereocenters. The summed E-state index contributed by atoms with van der Waals surface area (Å²) in [6.45, 7) is 4.52. The van der Waals surface area contributed by atoms with Crippen LogP contribution in [0.2, 0.25) is 0 Å². The van der Waals surface area contributed by atoms with E-state index in [9.17, 15) is 4.79 Å². The third-order valence-corrected chi connectivity index (χ3v) is 3.59. The van der Waals surface area contributed by atoms with Gasteiger partial charge in [-0.15, -0.1) is 5.10 Å².